The molecule has 0 bridgehead atoms. The van der Waals surface area contributed by atoms with Crippen molar-refractivity contribution in [3.8, 4) is 10.4 Å². The number of nitrogens with zero attached hydrogens (tertiary/aromatic N) is 2. The lowest BCUT2D eigenvalue weighted by Crippen LogP contribution is -2.24. The van der Waals surface area contributed by atoms with Gasteiger partial charge in [-0.15, -0.1) is 11.3 Å². The highest BCUT2D eigenvalue weighted by Gasteiger charge is 2.13. The van der Waals surface area contributed by atoms with Crippen molar-refractivity contribution in [1.82, 2.24) is 9.55 Å². The number of benzene rings is 2. The van der Waals surface area contributed by atoms with Gasteiger partial charge >= 0.3 is 0 Å². The van der Waals surface area contributed by atoms with Crippen molar-refractivity contribution in [1.29, 1.82) is 0 Å². The summed E-state index contributed by atoms with van der Waals surface area (Å²) in [6.45, 7) is -0.0278. The van der Waals surface area contributed by atoms with Crippen LogP contribution in [0.1, 0.15) is 10.4 Å². The zero-order chi connectivity index (χ0) is 18.1. The Labute approximate surface area is 158 Å². The first kappa shape index (κ1) is 16.7. The summed E-state index contributed by atoms with van der Waals surface area (Å²) in [5, 5.41) is 0.662. The van der Waals surface area contributed by atoms with Gasteiger partial charge in [-0.05, 0) is 23.8 Å². The average Bonchev–Trinajstić information content (AvgIpc) is 3.10. The molecule has 4 nitrogen and oxygen atoms in total. The molecule has 0 saturated carbocycles. The van der Waals surface area contributed by atoms with E-state index in [4.69, 9.17) is 11.6 Å². The number of ketones is 1. The average molecular weight is 381 g/mol. The zero-order valence-corrected chi connectivity index (χ0v) is 15.1. The second-order valence-corrected chi connectivity index (χ2v) is 7.29. The minimum Gasteiger partial charge on any atom is -0.292 e. The molecule has 0 unspecified atom stereocenters. The minimum absolute atomic E-state index is 0.0278. The number of Topliss-reactive ketones (excluding diaryl/α,β-unsaturated/α-hetero) is 1. The molecule has 2 aromatic heterocycles. The number of hydrogen-bond acceptors (Lipinski definition) is 4. The third-order valence-corrected chi connectivity index (χ3v) is 5.46. The van der Waals surface area contributed by atoms with Crippen molar-refractivity contribution in [3.05, 3.63) is 87.9 Å². The lowest BCUT2D eigenvalue weighted by Gasteiger charge is -2.04. The molecule has 6 heteroatoms. The predicted molar refractivity (Wildman–Crippen MR) is 105 cm³/mol. The number of thiophene rings is 1. The summed E-state index contributed by atoms with van der Waals surface area (Å²) in [4.78, 5) is 30.4. The van der Waals surface area contributed by atoms with Gasteiger partial charge in [0.1, 0.15) is 4.70 Å². The zero-order valence-electron chi connectivity index (χ0n) is 13.6. The standard InChI is InChI=1S/C20H13ClN2O2S/c21-15-8-6-14(7-9-15)18-10-16-19(26-18)20(25)23(12-22-16)11-17(24)13-4-2-1-3-5-13/h1-10,12H,11H2. The van der Waals surface area contributed by atoms with Gasteiger partial charge in [-0.1, -0.05) is 54.1 Å². The third kappa shape index (κ3) is 3.19. The van der Waals surface area contributed by atoms with E-state index in [1.54, 1.807) is 24.3 Å². The highest BCUT2D eigenvalue weighted by molar-refractivity contribution is 7.22. The number of fused-ring (bicyclic) bond motifs is 1. The highest BCUT2D eigenvalue weighted by Crippen LogP contribution is 2.31. The van der Waals surface area contributed by atoms with Crippen LogP contribution in [-0.2, 0) is 6.54 Å². The molecule has 0 N–H and O–H groups in total. The van der Waals surface area contributed by atoms with Gasteiger partial charge in [-0.25, -0.2) is 4.98 Å². The van der Waals surface area contributed by atoms with Gasteiger partial charge in [0.2, 0.25) is 0 Å². The highest BCUT2D eigenvalue weighted by atomic mass is 35.5. The number of aromatic nitrogens is 2. The lowest BCUT2D eigenvalue weighted by molar-refractivity contribution is 0.0970. The summed E-state index contributed by atoms with van der Waals surface area (Å²) >= 11 is 7.30. The first-order chi connectivity index (χ1) is 12.6. The van der Waals surface area contributed by atoms with Crippen molar-refractivity contribution in [3.63, 3.8) is 0 Å². The monoisotopic (exact) mass is 380 g/mol. The van der Waals surface area contributed by atoms with Crippen LogP contribution in [0.2, 0.25) is 5.02 Å². The molecule has 0 aliphatic heterocycles. The Bertz CT molecular complexity index is 1150. The maximum absolute atomic E-state index is 12.8. The Morgan fingerprint density at radius 3 is 2.54 bits per heavy atom. The van der Waals surface area contributed by atoms with Gasteiger partial charge < -0.3 is 0 Å². The molecule has 0 spiro atoms. The fourth-order valence-electron chi connectivity index (χ4n) is 2.68. The molecule has 0 aliphatic rings. The van der Waals surface area contributed by atoms with Crippen molar-refractivity contribution < 1.29 is 4.79 Å². The van der Waals surface area contributed by atoms with Gasteiger partial charge in [0.15, 0.2) is 5.78 Å². The number of halogens is 1. The number of carbonyl (C=O) groups is 1. The SMILES string of the molecule is O=C(Cn1cnc2cc(-c3ccc(Cl)cc3)sc2c1=O)c1ccccc1. The van der Waals surface area contributed by atoms with Crippen molar-refractivity contribution in [2.45, 2.75) is 6.54 Å². The van der Waals surface area contributed by atoms with Crippen LogP contribution < -0.4 is 5.56 Å². The van der Waals surface area contributed by atoms with E-state index >= 15 is 0 Å². The molecule has 0 saturated heterocycles. The van der Waals surface area contributed by atoms with Crippen LogP contribution in [0, 0.1) is 0 Å². The molecule has 0 atom stereocenters. The molecule has 2 aromatic carbocycles. The van der Waals surface area contributed by atoms with Gasteiger partial charge in [0, 0.05) is 15.5 Å². The summed E-state index contributed by atoms with van der Waals surface area (Å²) in [5.41, 5.74) is 1.98. The maximum Gasteiger partial charge on any atom is 0.271 e. The quantitative estimate of drug-likeness (QED) is 0.484. The summed E-state index contributed by atoms with van der Waals surface area (Å²) in [6, 6.07) is 18.2. The smallest absolute Gasteiger partial charge is 0.271 e. The molecular formula is C20H13ClN2O2S. The van der Waals surface area contributed by atoms with Gasteiger partial charge in [-0.2, -0.15) is 0 Å². The van der Waals surface area contributed by atoms with Crippen LogP contribution in [0.5, 0.6) is 0 Å². The topological polar surface area (TPSA) is 52.0 Å². The van der Waals surface area contributed by atoms with E-state index in [0.717, 1.165) is 10.4 Å². The van der Waals surface area contributed by atoms with Crippen molar-refractivity contribution in [2.24, 2.45) is 0 Å². The van der Waals surface area contributed by atoms with Crippen molar-refractivity contribution >= 4 is 38.9 Å². The molecule has 4 aromatic rings. The normalized spacial score (nSPS) is 11.0. The Balaban J connectivity index is 1.70. The first-order valence-corrected chi connectivity index (χ1v) is 9.14. The largest absolute Gasteiger partial charge is 0.292 e. The van der Waals surface area contributed by atoms with E-state index < -0.39 is 0 Å². The molecule has 0 fully saturated rings. The fourth-order valence-corrected chi connectivity index (χ4v) is 3.88. The summed E-state index contributed by atoms with van der Waals surface area (Å²) < 4.78 is 1.90. The first-order valence-electron chi connectivity index (χ1n) is 7.95. The number of rotatable bonds is 4. The predicted octanol–water partition coefficient (Wildman–Crippen LogP) is 4.66. The molecule has 0 radical (unpaired) electrons. The second-order valence-electron chi connectivity index (χ2n) is 5.80. The van der Waals surface area contributed by atoms with Crippen LogP contribution in [0.3, 0.4) is 0 Å². The Kier molecular flexibility index (Phi) is 4.41. The van der Waals surface area contributed by atoms with Crippen LogP contribution in [0.4, 0.5) is 0 Å². The third-order valence-electron chi connectivity index (χ3n) is 4.04. The second kappa shape index (κ2) is 6.86. The van der Waals surface area contributed by atoms with E-state index in [2.05, 4.69) is 4.98 Å². The maximum atomic E-state index is 12.8. The van der Waals surface area contributed by atoms with E-state index in [1.165, 1.54) is 22.2 Å². The fraction of sp³-hybridized carbons (Fsp3) is 0.0500. The van der Waals surface area contributed by atoms with Gasteiger partial charge in [0.05, 0.1) is 18.4 Å². The van der Waals surface area contributed by atoms with Crippen molar-refractivity contribution in [2.75, 3.05) is 0 Å². The molecular weight excluding hydrogens is 368 g/mol. The van der Waals surface area contributed by atoms with E-state index in [-0.39, 0.29) is 17.9 Å². The van der Waals surface area contributed by atoms with Crippen LogP contribution >= 0.6 is 22.9 Å². The molecule has 4 rings (SSSR count). The molecule has 26 heavy (non-hydrogen) atoms. The minimum atomic E-state index is -0.204. The van der Waals surface area contributed by atoms with Crippen LogP contribution in [-0.4, -0.2) is 15.3 Å². The Morgan fingerprint density at radius 2 is 1.81 bits per heavy atom. The number of hydrogen-bond donors (Lipinski definition) is 0. The van der Waals surface area contributed by atoms with Crippen LogP contribution in [0.15, 0.2) is 71.8 Å². The Hall–Kier alpha value is -2.76. The summed E-state index contributed by atoms with van der Waals surface area (Å²) in [5.74, 6) is -0.122. The number of carbonyl (C=O) groups excluding carboxylic acids is 1. The molecule has 0 amide bonds. The Morgan fingerprint density at radius 1 is 1.08 bits per heavy atom. The van der Waals surface area contributed by atoms with Gasteiger partial charge in [0.25, 0.3) is 5.56 Å². The molecule has 2 heterocycles. The lowest BCUT2D eigenvalue weighted by atomic mass is 10.1. The van der Waals surface area contributed by atoms with E-state index in [0.29, 0.717) is 20.8 Å². The van der Waals surface area contributed by atoms with Gasteiger partial charge in [-0.3, -0.25) is 14.2 Å². The summed E-state index contributed by atoms with van der Waals surface area (Å²) in [6.07, 6.45) is 1.43. The molecule has 128 valence electrons. The van der Waals surface area contributed by atoms with E-state index in [9.17, 15) is 9.59 Å². The van der Waals surface area contributed by atoms with Crippen LogP contribution in [0.25, 0.3) is 20.7 Å². The molecule has 0 aliphatic carbocycles. The van der Waals surface area contributed by atoms with E-state index in [1.807, 2.05) is 36.4 Å². The summed E-state index contributed by atoms with van der Waals surface area (Å²) in [7, 11) is 0.